The maximum atomic E-state index is 12.2. The van der Waals surface area contributed by atoms with Crippen LogP contribution in [0, 0.1) is 11.8 Å². The standard InChI is InChI=1S/C16H16N2O2S/c1-20-10-12-4-2-5-14(8-12)18-16(19)13-9-15(21-11-13)6-3-7-17/h2,4-5,8-9,11H,7,10,17H2,1H3,(H,18,19). The van der Waals surface area contributed by atoms with Crippen LogP contribution in [-0.4, -0.2) is 19.6 Å². The van der Waals surface area contributed by atoms with Crippen LogP contribution in [0.1, 0.15) is 20.8 Å². The molecule has 0 atom stereocenters. The normalized spacial score (nSPS) is 9.81. The van der Waals surface area contributed by atoms with Crippen LogP contribution in [0.15, 0.2) is 35.7 Å². The van der Waals surface area contributed by atoms with Crippen LogP contribution in [0.2, 0.25) is 0 Å². The molecule has 0 spiro atoms. The Hall–Kier alpha value is -2.13. The molecular weight excluding hydrogens is 284 g/mol. The Morgan fingerprint density at radius 1 is 1.43 bits per heavy atom. The summed E-state index contributed by atoms with van der Waals surface area (Å²) in [4.78, 5) is 13.0. The number of rotatable bonds is 4. The number of amides is 1. The first-order valence-corrected chi connectivity index (χ1v) is 7.27. The Labute approximate surface area is 127 Å². The number of nitrogens with two attached hydrogens (primary N) is 1. The van der Waals surface area contributed by atoms with Crippen molar-refractivity contribution in [2.24, 2.45) is 5.73 Å². The molecule has 2 aromatic rings. The molecule has 21 heavy (non-hydrogen) atoms. The molecule has 0 saturated carbocycles. The molecule has 4 nitrogen and oxygen atoms in total. The number of hydrogen-bond donors (Lipinski definition) is 2. The third kappa shape index (κ3) is 4.43. The highest BCUT2D eigenvalue weighted by Crippen LogP contribution is 2.17. The first kappa shape index (κ1) is 15.3. The largest absolute Gasteiger partial charge is 0.380 e. The molecule has 2 rings (SSSR count). The van der Waals surface area contributed by atoms with Crippen LogP contribution in [-0.2, 0) is 11.3 Å². The second-order valence-electron chi connectivity index (χ2n) is 4.29. The number of methoxy groups -OCH3 is 1. The van der Waals surface area contributed by atoms with E-state index in [4.69, 9.17) is 10.5 Å². The van der Waals surface area contributed by atoms with Crippen LogP contribution in [0.5, 0.6) is 0 Å². The number of benzene rings is 1. The van der Waals surface area contributed by atoms with Crippen molar-refractivity contribution in [1.29, 1.82) is 0 Å². The summed E-state index contributed by atoms with van der Waals surface area (Å²) in [7, 11) is 1.64. The zero-order chi connectivity index (χ0) is 15.1. The summed E-state index contributed by atoms with van der Waals surface area (Å²) in [6.07, 6.45) is 0. The molecule has 1 aromatic carbocycles. The fourth-order valence-electron chi connectivity index (χ4n) is 1.77. The minimum atomic E-state index is -0.151. The Morgan fingerprint density at radius 2 is 2.29 bits per heavy atom. The van der Waals surface area contributed by atoms with Gasteiger partial charge in [-0.25, -0.2) is 0 Å². The molecule has 0 unspecified atom stereocenters. The van der Waals surface area contributed by atoms with E-state index in [0.717, 1.165) is 16.1 Å². The number of ether oxygens (including phenoxy) is 1. The average Bonchev–Trinajstić information content (AvgIpc) is 2.95. The number of hydrogen-bond acceptors (Lipinski definition) is 4. The van der Waals surface area contributed by atoms with Gasteiger partial charge in [-0.2, -0.15) is 0 Å². The van der Waals surface area contributed by atoms with Crippen molar-refractivity contribution in [3.8, 4) is 11.8 Å². The van der Waals surface area contributed by atoms with Gasteiger partial charge in [0.1, 0.15) is 0 Å². The first-order chi connectivity index (χ1) is 10.2. The van der Waals surface area contributed by atoms with Crippen molar-refractivity contribution >= 4 is 22.9 Å². The van der Waals surface area contributed by atoms with Crippen LogP contribution in [0.4, 0.5) is 5.69 Å². The predicted molar refractivity (Wildman–Crippen MR) is 85.4 cm³/mol. The zero-order valence-electron chi connectivity index (χ0n) is 11.7. The fraction of sp³-hybridized carbons (Fsp3) is 0.188. The van der Waals surface area contributed by atoms with Gasteiger partial charge in [0.2, 0.25) is 0 Å². The van der Waals surface area contributed by atoms with Crippen LogP contribution < -0.4 is 11.1 Å². The quantitative estimate of drug-likeness (QED) is 0.853. The van der Waals surface area contributed by atoms with Crippen molar-refractivity contribution in [1.82, 2.24) is 0 Å². The molecule has 0 radical (unpaired) electrons. The molecule has 0 saturated heterocycles. The van der Waals surface area contributed by atoms with E-state index >= 15 is 0 Å². The van der Waals surface area contributed by atoms with Gasteiger partial charge in [-0.15, -0.1) is 11.3 Å². The van der Waals surface area contributed by atoms with Gasteiger partial charge in [-0.1, -0.05) is 24.0 Å². The van der Waals surface area contributed by atoms with Gasteiger partial charge in [0.15, 0.2) is 0 Å². The topological polar surface area (TPSA) is 64.3 Å². The minimum absolute atomic E-state index is 0.151. The highest BCUT2D eigenvalue weighted by molar-refractivity contribution is 7.10. The molecule has 0 aliphatic heterocycles. The van der Waals surface area contributed by atoms with Gasteiger partial charge in [-0.3, -0.25) is 4.79 Å². The summed E-state index contributed by atoms with van der Waals surface area (Å²) in [5.41, 5.74) is 7.68. The van der Waals surface area contributed by atoms with Crippen molar-refractivity contribution in [2.45, 2.75) is 6.61 Å². The number of thiophene rings is 1. The Bertz CT molecular complexity index is 683. The van der Waals surface area contributed by atoms with Crippen molar-refractivity contribution in [3.05, 3.63) is 51.7 Å². The second-order valence-corrected chi connectivity index (χ2v) is 5.20. The van der Waals surface area contributed by atoms with Crippen molar-refractivity contribution < 1.29 is 9.53 Å². The van der Waals surface area contributed by atoms with Crippen LogP contribution in [0.25, 0.3) is 0 Å². The average molecular weight is 300 g/mol. The smallest absolute Gasteiger partial charge is 0.256 e. The molecule has 0 fully saturated rings. The summed E-state index contributed by atoms with van der Waals surface area (Å²) in [6, 6.07) is 9.34. The third-order valence-electron chi connectivity index (χ3n) is 2.67. The summed E-state index contributed by atoms with van der Waals surface area (Å²) < 4.78 is 5.08. The van der Waals surface area contributed by atoms with Gasteiger partial charge in [0, 0.05) is 18.2 Å². The SMILES string of the molecule is COCc1cccc(NC(=O)c2csc(C#CCN)c2)c1. The zero-order valence-corrected chi connectivity index (χ0v) is 12.5. The molecule has 5 heteroatoms. The van der Waals surface area contributed by atoms with Gasteiger partial charge in [0.05, 0.1) is 23.6 Å². The number of carbonyl (C=O) groups is 1. The molecule has 0 bridgehead atoms. The van der Waals surface area contributed by atoms with E-state index < -0.39 is 0 Å². The van der Waals surface area contributed by atoms with Crippen LogP contribution >= 0.6 is 11.3 Å². The maximum absolute atomic E-state index is 12.2. The highest BCUT2D eigenvalue weighted by atomic mass is 32.1. The fourth-order valence-corrected chi connectivity index (χ4v) is 2.52. The molecule has 0 aliphatic carbocycles. The summed E-state index contributed by atoms with van der Waals surface area (Å²) in [6.45, 7) is 0.826. The number of carbonyl (C=O) groups excluding carboxylic acids is 1. The Balaban J connectivity index is 2.07. The maximum Gasteiger partial charge on any atom is 0.256 e. The number of anilines is 1. The Kier molecular flexibility index (Phi) is 5.52. The van der Waals surface area contributed by atoms with E-state index in [9.17, 15) is 4.79 Å². The van der Waals surface area contributed by atoms with E-state index in [0.29, 0.717) is 18.7 Å². The lowest BCUT2D eigenvalue weighted by molar-refractivity contribution is 0.102. The molecule has 3 N–H and O–H groups in total. The van der Waals surface area contributed by atoms with E-state index in [1.165, 1.54) is 11.3 Å². The summed E-state index contributed by atoms with van der Waals surface area (Å²) >= 11 is 1.43. The lowest BCUT2D eigenvalue weighted by Crippen LogP contribution is -2.11. The van der Waals surface area contributed by atoms with Gasteiger partial charge in [-0.05, 0) is 23.8 Å². The molecule has 1 aromatic heterocycles. The van der Waals surface area contributed by atoms with Crippen molar-refractivity contribution in [2.75, 3.05) is 19.0 Å². The summed E-state index contributed by atoms with van der Waals surface area (Å²) in [5.74, 6) is 5.54. The monoisotopic (exact) mass is 300 g/mol. The van der Waals surface area contributed by atoms with Gasteiger partial charge >= 0.3 is 0 Å². The number of nitrogens with one attached hydrogen (secondary N) is 1. The molecule has 1 heterocycles. The third-order valence-corrected chi connectivity index (χ3v) is 3.52. The van der Waals surface area contributed by atoms with Gasteiger partial charge in [0.25, 0.3) is 5.91 Å². The predicted octanol–water partition coefficient (Wildman–Crippen LogP) is 2.46. The van der Waals surface area contributed by atoms with E-state index in [2.05, 4.69) is 17.2 Å². The highest BCUT2D eigenvalue weighted by Gasteiger charge is 2.08. The Morgan fingerprint density at radius 3 is 3.05 bits per heavy atom. The summed E-state index contributed by atoms with van der Waals surface area (Å²) in [5, 5.41) is 4.65. The second kappa shape index (κ2) is 7.60. The molecule has 108 valence electrons. The molecule has 1 amide bonds. The van der Waals surface area contributed by atoms with E-state index in [1.54, 1.807) is 18.6 Å². The molecule has 0 aliphatic rings. The minimum Gasteiger partial charge on any atom is -0.380 e. The van der Waals surface area contributed by atoms with Crippen LogP contribution in [0.3, 0.4) is 0 Å². The van der Waals surface area contributed by atoms with Crippen molar-refractivity contribution in [3.63, 3.8) is 0 Å². The van der Waals surface area contributed by atoms with Gasteiger partial charge < -0.3 is 15.8 Å². The van der Waals surface area contributed by atoms with E-state index in [1.807, 2.05) is 24.3 Å². The lowest BCUT2D eigenvalue weighted by Gasteiger charge is -2.06. The molecular formula is C16H16N2O2S. The van der Waals surface area contributed by atoms with E-state index in [-0.39, 0.29) is 5.91 Å². The lowest BCUT2D eigenvalue weighted by atomic mass is 10.2. The first-order valence-electron chi connectivity index (χ1n) is 6.39.